The number of hydrogen-bond acceptors (Lipinski definition) is 10. The number of carbonyl (C=O) groups is 4. The Labute approximate surface area is 256 Å². The van der Waals surface area contributed by atoms with E-state index < -0.39 is 58.0 Å². The first kappa shape index (κ1) is 34.9. The minimum absolute atomic E-state index is 0.183. The first-order valence-corrected chi connectivity index (χ1v) is 16.9. The molecule has 0 aliphatic carbocycles. The van der Waals surface area contributed by atoms with E-state index in [2.05, 4.69) is 10.6 Å². The van der Waals surface area contributed by atoms with Gasteiger partial charge in [0.1, 0.15) is 25.3 Å². The predicted molar refractivity (Wildman–Crippen MR) is 158 cm³/mol. The van der Waals surface area contributed by atoms with Crippen LogP contribution in [0.25, 0.3) is 0 Å². The van der Waals surface area contributed by atoms with Crippen LogP contribution in [0.15, 0.2) is 0 Å². The van der Waals surface area contributed by atoms with Crippen LogP contribution in [0.1, 0.15) is 81.1 Å². The lowest BCUT2D eigenvalue weighted by molar-refractivity contribution is -0.292. The lowest BCUT2D eigenvalue weighted by atomic mass is 9.75. The van der Waals surface area contributed by atoms with Gasteiger partial charge < -0.3 is 20.1 Å². The minimum atomic E-state index is -0.934. The second-order valence-electron chi connectivity index (χ2n) is 14.1. The second-order valence-corrected chi connectivity index (χ2v) is 16.6. The first-order chi connectivity index (χ1) is 19.3. The maximum atomic E-state index is 13.3. The molecule has 3 aliphatic heterocycles. The Bertz CT molecular complexity index is 921. The van der Waals surface area contributed by atoms with Gasteiger partial charge in [0.05, 0.1) is 0 Å². The van der Waals surface area contributed by atoms with Crippen molar-refractivity contribution in [1.82, 2.24) is 20.8 Å². The molecule has 2 radical (unpaired) electrons. The first-order valence-electron chi connectivity index (χ1n) is 14.4. The van der Waals surface area contributed by atoms with Gasteiger partial charge in [-0.3, -0.25) is 9.59 Å². The zero-order valence-corrected chi connectivity index (χ0v) is 27.6. The van der Waals surface area contributed by atoms with E-state index in [1.54, 1.807) is 0 Å². The Balaban J connectivity index is 1.62. The Morgan fingerprint density at radius 2 is 0.929 bits per heavy atom. The fraction of sp³-hybridized carbons (Fsp3) is 0.857. The van der Waals surface area contributed by atoms with Gasteiger partial charge in [-0.25, -0.2) is 9.59 Å². The number of ether oxygens (including phenoxy) is 2. The number of rotatable bonds is 4. The fourth-order valence-corrected chi connectivity index (χ4v) is 8.83. The highest BCUT2D eigenvalue weighted by Crippen LogP contribution is 2.41. The molecule has 3 aliphatic rings. The molecule has 14 heteroatoms. The molecule has 0 spiro atoms. The molecule has 0 aromatic carbocycles. The average Bonchev–Trinajstić information content (AvgIpc) is 2.87. The molecule has 0 aromatic heterocycles. The van der Waals surface area contributed by atoms with Crippen molar-refractivity contribution in [2.24, 2.45) is 11.8 Å². The standard InChI is InChI=1S/C28H46N4O8S2/c1-25(2)11-17(12-26(3,4)31(25)37)21(33)29-19-15-41-42-16-20(24(36)40-10-9-39-23(19)35)30-22(34)18-13-27(5,6)32(38)28(7,8)14-18/h17-20H,9-16H2,1-8H3,(H,29,33)(H,30,34). The van der Waals surface area contributed by atoms with Gasteiger partial charge in [-0.2, -0.15) is 0 Å². The third-order valence-electron chi connectivity index (χ3n) is 8.25. The highest BCUT2D eigenvalue weighted by molar-refractivity contribution is 8.76. The molecule has 42 heavy (non-hydrogen) atoms. The van der Waals surface area contributed by atoms with E-state index in [0.29, 0.717) is 25.7 Å². The van der Waals surface area contributed by atoms with E-state index in [-0.39, 0.29) is 36.5 Å². The van der Waals surface area contributed by atoms with E-state index >= 15 is 0 Å². The number of hydroxylamine groups is 4. The molecule has 0 bridgehead atoms. The summed E-state index contributed by atoms with van der Waals surface area (Å²) in [5.41, 5.74) is -2.94. The van der Waals surface area contributed by atoms with Crippen LogP contribution < -0.4 is 10.6 Å². The molecular formula is C28H46N4O8S2. The van der Waals surface area contributed by atoms with Crippen LogP contribution in [0.3, 0.4) is 0 Å². The van der Waals surface area contributed by atoms with Crippen molar-refractivity contribution < 1.29 is 39.1 Å². The number of nitrogens with zero attached hydrogens (tertiary/aromatic N) is 2. The zero-order chi connectivity index (χ0) is 31.7. The van der Waals surface area contributed by atoms with Gasteiger partial charge in [-0.05, 0) is 81.1 Å². The molecule has 0 saturated carbocycles. The smallest absolute Gasteiger partial charge is 0.329 e. The Morgan fingerprint density at radius 3 is 1.21 bits per heavy atom. The number of piperidine rings is 2. The molecule has 2 amide bonds. The monoisotopic (exact) mass is 630 g/mol. The average molecular weight is 631 g/mol. The van der Waals surface area contributed by atoms with Gasteiger partial charge in [-0.15, -0.1) is 20.5 Å². The molecule has 3 saturated heterocycles. The molecule has 12 nitrogen and oxygen atoms in total. The van der Waals surface area contributed by atoms with Crippen molar-refractivity contribution in [3.63, 3.8) is 0 Å². The van der Waals surface area contributed by atoms with Gasteiger partial charge in [0.15, 0.2) is 0 Å². The summed E-state index contributed by atoms with van der Waals surface area (Å²) in [6, 6.07) is -1.87. The molecule has 3 heterocycles. The third kappa shape index (κ3) is 8.32. The van der Waals surface area contributed by atoms with Crippen LogP contribution in [0.4, 0.5) is 0 Å². The molecule has 2 N–H and O–H groups in total. The van der Waals surface area contributed by atoms with Crippen LogP contribution >= 0.6 is 21.6 Å². The maximum Gasteiger partial charge on any atom is 0.329 e. The third-order valence-corrected chi connectivity index (χ3v) is 10.7. The van der Waals surface area contributed by atoms with Gasteiger partial charge >= 0.3 is 11.9 Å². The van der Waals surface area contributed by atoms with Crippen molar-refractivity contribution in [3.05, 3.63) is 0 Å². The molecule has 2 unspecified atom stereocenters. The molecular weight excluding hydrogens is 584 g/mol. The predicted octanol–water partition coefficient (Wildman–Crippen LogP) is 2.67. The molecule has 238 valence electrons. The number of amides is 2. The number of nitrogens with one attached hydrogen (secondary N) is 2. The largest absolute Gasteiger partial charge is 0.461 e. The SMILES string of the molecule is CC1(C)CC(C(=O)NC2CSSCC(NC(=O)C3CC(C)(C)N([O])C(C)(C)C3)C(=O)OCCOC2=O)CC(C)(C)N1[O]. The van der Waals surface area contributed by atoms with Crippen molar-refractivity contribution in [2.75, 3.05) is 24.7 Å². The number of cyclic esters (lactones) is 2. The lowest BCUT2D eigenvalue weighted by Crippen LogP contribution is -2.60. The minimum Gasteiger partial charge on any atom is -0.461 e. The topological polar surface area (TPSA) is 157 Å². The van der Waals surface area contributed by atoms with Gasteiger partial charge in [0, 0.05) is 45.5 Å². The second kappa shape index (κ2) is 13.2. The van der Waals surface area contributed by atoms with Crippen molar-refractivity contribution in [2.45, 2.75) is 115 Å². The number of carbonyl (C=O) groups excluding carboxylic acids is 4. The van der Waals surface area contributed by atoms with E-state index in [0.717, 1.165) is 10.1 Å². The fourth-order valence-electron chi connectivity index (χ4n) is 6.53. The van der Waals surface area contributed by atoms with Crippen LogP contribution in [0.5, 0.6) is 0 Å². The van der Waals surface area contributed by atoms with E-state index in [1.807, 2.05) is 55.4 Å². The summed E-state index contributed by atoms with van der Waals surface area (Å²) in [6.45, 7) is 14.1. The Morgan fingerprint density at radius 1 is 0.643 bits per heavy atom. The van der Waals surface area contributed by atoms with Gasteiger partial charge in [-0.1, -0.05) is 21.6 Å². The van der Waals surface area contributed by atoms with E-state index in [4.69, 9.17) is 9.47 Å². The summed E-state index contributed by atoms with van der Waals surface area (Å²) in [4.78, 5) is 52.1. The molecule has 0 aromatic rings. The van der Waals surface area contributed by atoms with Gasteiger partial charge in [0.2, 0.25) is 11.8 Å². The maximum absolute atomic E-state index is 13.3. The zero-order valence-electron chi connectivity index (χ0n) is 25.9. The Kier molecular flexibility index (Phi) is 11.0. The summed E-state index contributed by atoms with van der Waals surface area (Å²) in [7, 11) is 2.54. The van der Waals surface area contributed by atoms with Crippen LogP contribution in [0.2, 0.25) is 0 Å². The highest BCUT2D eigenvalue weighted by Gasteiger charge is 2.49. The van der Waals surface area contributed by atoms with Gasteiger partial charge in [0.25, 0.3) is 0 Å². The van der Waals surface area contributed by atoms with E-state index in [1.165, 1.54) is 21.6 Å². The summed E-state index contributed by atoms with van der Waals surface area (Å²) in [5.74, 6) is -2.41. The van der Waals surface area contributed by atoms with Crippen molar-refractivity contribution >= 4 is 45.3 Å². The Hall–Kier alpha value is -1.58. The van der Waals surface area contributed by atoms with Crippen molar-refractivity contribution in [3.8, 4) is 0 Å². The molecule has 3 fully saturated rings. The van der Waals surface area contributed by atoms with Crippen LogP contribution in [-0.4, -0.2) is 92.8 Å². The number of hydrogen-bond donors (Lipinski definition) is 2. The summed E-state index contributed by atoms with van der Waals surface area (Å²) >= 11 is 0. The van der Waals surface area contributed by atoms with Crippen molar-refractivity contribution in [1.29, 1.82) is 0 Å². The summed E-state index contributed by atoms with van der Waals surface area (Å²) in [5, 5.41) is 33.1. The van der Waals surface area contributed by atoms with E-state index in [9.17, 15) is 29.6 Å². The van der Waals surface area contributed by atoms with Crippen LogP contribution in [0, 0.1) is 11.8 Å². The lowest BCUT2D eigenvalue weighted by Gasteiger charge is -2.49. The highest BCUT2D eigenvalue weighted by atomic mass is 33.1. The molecule has 2 atom stereocenters. The van der Waals surface area contributed by atoms with Crippen LogP contribution in [-0.2, 0) is 39.1 Å². The normalized spacial score (nSPS) is 29.8. The summed E-state index contributed by atoms with van der Waals surface area (Å²) < 4.78 is 10.6. The summed E-state index contributed by atoms with van der Waals surface area (Å²) in [6.07, 6.45) is 1.42. The number of esters is 2. The quantitative estimate of drug-likeness (QED) is 0.350. The molecule has 3 rings (SSSR count).